The smallest absolute Gasteiger partial charge is 0.0702 e. The third kappa shape index (κ3) is 2.71. The molecule has 1 N–H and O–H groups in total. The van der Waals surface area contributed by atoms with Crippen molar-refractivity contribution in [2.24, 2.45) is 5.92 Å². The first kappa shape index (κ1) is 11.4. The van der Waals surface area contributed by atoms with Crippen LogP contribution in [-0.4, -0.2) is 50.3 Å². The Bertz CT molecular complexity index is 192. The molecule has 0 amide bonds. The van der Waals surface area contributed by atoms with E-state index in [1.54, 1.807) is 0 Å². The van der Waals surface area contributed by atoms with E-state index in [9.17, 15) is 0 Å². The molecule has 2 saturated heterocycles. The molecular formula is C12H24N2O. The van der Waals surface area contributed by atoms with Crippen molar-refractivity contribution >= 4 is 0 Å². The Morgan fingerprint density at radius 3 is 2.93 bits per heavy atom. The fourth-order valence-corrected chi connectivity index (χ4v) is 2.92. The Hall–Kier alpha value is -0.120. The number of ether oxygens (including phenoxy) is 1. The van der Waals surface area contributed by atoms with Gasteiger partial charge in [-0.15, -0.1) is 0 Å². The van der Waals surface area contributed by atoms with Crippen LogP contribution in [0.4, 0.5) is 0 Å². The first-order valence-corrected chi connectivity index (χ1v) is 6.31. The molecule has 3 heteroatoms. The molecule has 2 rings (SSSR count). The number of rotatable bonds is 4. The lowest BCUT2D eigenvalue weighted by Gasteiger charge is -2.26. The molecule has 0 spiro atoms. The second-order valence-corrected chi connectivity index (χ2v) is 4.98. The maximum absolute atomic E-state index is 5.70. The van der Waals surface area contributed by atoms with Crippen LogP contribution in [0.3, 0.4) is 0 Å². The van der Waals surface area contributed by atoms with Gasteiger partial charge in [0.2, 0.25) is 0 Å². The summed E-state index contributed by atoms with van der Waals surface area (Å²) in [4.78, 5) is 2.61. The van der Waals surface area contributed by atoms with Gasteiger partial charge in [0.05, 0.1) is 6.10 Å². The molecule has 3 atom stereocenters. The summed E-state index contributed by atoms with van der Waals surface area (Å²) in [5.74, 6) is 0.830. The van der Waals surface area contributed by atoms with E-state index in [0.717, 1.165) is 31.7 Å². The third-order valence-corrected chi connectivity index (χ3v) is 3.97. The maximum Gasteiger partial charge on any atom is 0.0702 e. The Kier molecular flexibility index (Phi) is 4.00. The normalized spacial score (nSPS) is 37.6. The largest absolute Gasteiger partial charge is 0.377 e. The fraction of sp³-hybridized carbons (Fsp3) is 1.00. The summed E-state index contributed by atoms with van der Waals surface area (Å²) in [5.41, 5.74) is 0. The van der Waals surface area contributed by atoms with Gasteiger partial charge >= 0.3 is 0 Å². The first-order valence-electron chi connectivity index (χ1n) is 6.31. The first-order chi connectivity index (χ1) is 7.31. The van der Waals surface area contributed by atoms with Crippen LogP contribution in [0, 0.1) is 5.92 Å². The van der Waals surface area contributed by atoms with Crippen molar-refractivity contribution in [3.63, 3.8) is 0 Å². The topological polar surface area (TPSA) is 24.5 Å². The Labute approximate surface area is 93.2 Å². The highest BCUT2D eigenvalue weighted by Gasteiger charge is 2.32. The summed E-state index contributed by atoms with van der Waals surface area (Å²) < 4.78 is 5.70. The molecule has 2 aliphatic rings. The fourth-order valence-electron chi connectivity index (χ4n) is 2.92. The minimum atomic E-state index is 0.515. The van der Waals surface area contributed by atoms with E-state index < -0.39 is 0 Å². The molecule has 3 nitrogen and oxygen atoms in total. The lowest BCUT2D eigenvalue weighted by Crippen LogP contribution is -2.38. The SMILES string of the molecule is CNCC1CCN(CC2CCCO2)C1C. The van der Waals surface area contributed by atoms with Gasteiger partial charge in [0.25, 0.3) is 0 Å². The molecule has 0 bridgehead atoms. The molecule has 2 fully saturated rings. The lowest BCUT2D eigenvalue weighted by atomic mass is 10.0. The van der Waals surface area contributed by atoms with Crippen LogP contribution in [0.2, 0.25) is 0 Å². The van der Waals surface area contributed by atoms with E-state index in [1.807, 2.05) is 0 Å². The summed E-state index contributed by atoms with van der Waals surface area (Å²) >= 11 is 0. The summed E-state index contributed by atoms with van der Waals surface area (Å²) in [7, 11) is 2.05. The average molecular weight is 212 g/mol. The summed E-state index contributed by atoms with van der Waals surface area (Å²) in [5, 5.41) is 3.30. The van der Waals surface area contributed by atoms with Crippen LogP contribution < -0.4 is 5.32 Å². The van der Waals surface area contributed by atoms with Crippen molar-refractivity contribution in [1.29, 1.82) is 0 Å². The highest BCUT2D eigenvalue weighted by Crippen LogP contribution is 2.25. The summed E-state index contributed by atoms with van der Waals surface area (Å²) in [6, 6.07) is 0.724. The highest BCUT2D eigenvalue weighted by molar-refractivity contribution is 4.86. The van der Waals surface area contributed by atoms with Crippen molar-refractivity contribution in [2.75, 3.05) is 33.3 Å². The van der Waals surface area contributed by atoms with E-state index in [2.05, 4.69) is 24.2 Å². The van der Waals surface area contributed by atoms with Gasteiger partial charge in [0.1, 0.15) is 0 Å². The molecule has 2 heterocycles. The van der Waals surface area contributed by atoms with E-state index in [0.29, 0.717) is 6.10 Å². The van der Waals surface area contributed by atoms with Crippen LogP contribution in [0.15, 0.2) is 0 Å². The van der Waals surface area contributed by atoms with E-state index in [1.165, 1.54) is 25.8 Å². The Balaban J connectivity index is 1.78. The molecule has 0 aliphatic carbocycles. The zero-order chi connectivity index (χ0) is 10.7. The van der Waals surface area contributed by atoms with Crippen LogP contribution in [0.1, 0.15) is 26.2 Å². The van der Waals surface area contributed by atoms with Crippen molar-refractivity contribution < 1.29 is 4.74 Å². The van der Waals surface area contributed by atoms with Gasteiger partial charge in [-0.1, -0.05) is 0 Å². The second-order valence-electron chi connectivity index (χ2n) is 4.98. The van der Waals surface area contributed by atoms with Crippen molar-refractivity contribution in [2.45, 2.75) is 38.3 Å². The molecule has 15 heavy (non-hydrogen) atoms. The third-order valence-electron chi connectivity index (χ3n) is 3.97. The molecule has 0 aromatic heterocycles. The van der Waals surface area contributed by atoms with Gasteiger partial charge in [0.15, 0.2) is 0 Å². The van der Waals surface area contributed by atoms with Gasteiger partial charge in [-0.25, -0.2) is 0 Å². The maximum atomic E-state index is 5.70. The minimum absolute atomic E-state index is 0.515. The van der Waals surface area contributed by atoms with Crippen LogP contribution in [-0.2, 0) is 4.74 Å². The molecule has 0 saturated carbocycles. The summed E-state index contributed by atoms with van der Waals surface area (Å²) in [6.45, 7) is 6.91. The van der Waals surface area contributed by atoms with Gasteiger partial charge in [-0.2, -0.15) is 0 Å². The molecule has 88 valence electrons. The predicted molar refractivity (Wildman–Crippen MR) is 62.0 cm³/mol. The van der Waals surface area contributed by atoms with Crippen molar-refractivity contribution in [3.05, 3.63) is 0 Å². The highest BCUT2D eigenvalue weighted by atomic mass is 16.5. The molecule has 0 radical (unpaired) electrons. The van der Waals surface area contributed by atoms with Gasteiger partial charge in [-0.3, -0.25) is 4.90 Å². The Morgan fingerprint density at radius 1 is 1.40 bits per heavy atom. The lowest BCUT2D eigenvalue weighted by molar-refractivity contribution is 0.0681. The van der Waals surface area contributed by atoms with Gasteiger partial charge in [-0.05, 0) is 52.2 Å². The van der Waals surface area contributed by atoms with Crippen LogP contribution in [0.25, 0.3) is 0 Å². The number of nitrogens with zero attached hydrogens (tertiary/aromatic N) is 1. The number of hydrogen-bond donors (Lipinski definition) is 1. The van der Waals surface area contributed by atoms with E-state index in [4.69, 9.17) is 4.74 Å². The number of nitrogens with one attached hydrogen (secondary N) is 1. The Morgan fingerprint density at radius 2 is 2.27 bits per heavy atom. The monoisotopic (exact) mass is 212 g/mol. The number of hydrogen-bond acceptors (Lipinski definition) is 3. The van der Waals surface area contributed by atoms with Crippen molar-refractivity contribution in [1.82, 2.24) is 10.2 Å². The molecular weight excluding hydrogens is 188 g/mol. The molecule has 2 aliphatic heterocycles. The van der Waals surface area contributed by atoms with Gasteiger partial charge < -0.3 is 10.1 Å². The molecule has 0 aromatic carbocycles. The predicted octanol–water partition coefficient (Wildman–Crippen LogP) is 1.10. The van der Waals surface area contributed by atoms with Crippen molar-refractivity contribution in [3.8, 4) is 0 Å². The zero-order valence-corrected chi connectivity index (χ0v) is 10.0. The number of likely N-dealkylation sites (tertiary alicyclic amines) is 1. The summed E-state index contributed by atoms with van der Waals surface area (Å²) in [6.07, 6.45) is 4.38. The standard InChI is InChI=1S/C12H24N2O/c1-10-11(8-13-2)5-6-14(10)9-12-4-3-7-15-12/h10-13H,3-9H2,1-2H3. The van der Waals surface area contributed by atoms with E-state index in [-0.39, 0.29) is 0 Å². The van der Waals surface area contributed by atoms with Crippen LogP contribution in [0.5, 0.6) is 0 Å². The molecule has 0 aromatic rings. The van der Waals surface area contributed by atoms with Crippen LogP contribution >= 0.6 is 0 Å². The minimum Gasteiger partial charge on any atom is -0.377 e. The van der Waals surface area contributed by atoms with E-state index >= 15 is 0 Å². The molecule has 3 unspecified atom stereocenters. The average Bonchev–Trinajstić information content (AvgIpc) is 2.83. The quantitative estimate of drug-likeness (QED) is 0.755. The van der Waals surface area contributed by atoms with Gasteiger partial charge in [0, 0.05) is 19.2 Å². The zero-order valence-electron chi connectivity index (χ0n) is 10.0. The second kappa shape index (κ2) is 5.28.